The topological polar surface area (TPSA) is 75.1 Å². The van der Waals surface area contributed by atoms with Crippen LogP contribution in [0.3, 0.4) is 0 Å². The summed E-state index contributed by atoms with van der Waals surface area (Å²) >= 11 is 2.76. The molecule has 0 aliphatic carbocycles. The van der Waals surface area contributed by atoms with Crippen LogP contribution in [0.4, 0.5) is 5.69 Å². The average Bonchev–Trinajstić information content (AvgIpc) is 3.20. The van der Waals surface area contributed by atoms with Crippen molar-refractivity contribution < 1.29 is 9.90 Å². The van der Waals surface area contributed by atoms with Crippen molar-refractivity contribution in [3.05, 3.63) is 51.9 Å². The fraction of sp³-hybridized carbons (Fsp3) is 0.133. The molecule has 1 aromatic carbocycles. The Hall–Kier alpha value is -2.09. The Labute approximate surface area is 135 Å². The fourth-order valence-corrected chi connectivity index (χ4v) is 3.24. The highest BCUT2D eigenvalue weighted by molar-refractivity contribution is 7.13. The zero-order valence-electron chi connectivity index (χ0n) is 11.7. The van der Waals surface area contributed by atoms with E-state index in [1.54, 1.807) is 24.5 Å². The lowest BCUT2D eigenvalue weighted by molar-refractivity contribution is 0.103. The van der Waals surface area contributed by atoms with Gasteiger partial charge in [-0.2, -0.15) is 0 Å². The van der Waals surface area contributed by atoms with Gasteiger partial charge < -0.3 is 10.4 Å². The number of nitrogens with zero attached hydrogens (tertiary/aromatic N) is 2. The van der Waals surface area contributed by atoms with Gasteiger partial charge in [0.15, 0.2) is 0 Å². The number of thiazole rings is 2. The Balaban J connectivity index is 1.71. The largest absolute Gasteiger partial charge is 0.386 e. The van der Waals surface area contributed by atoms with Crippen molar-refractivity contribution >= 4 is 34.3 Å². The summed E-state index contributed by atoms with van der Waals surface area (Å²) in [6.07, 6.45) is 2.58. The maximum atomic E-state index is 12.1. The smallest absolute Gasteiger partial charge is 0.267 e. The van der Waals surface area contributed by atoms with Gasteiger partial charge in [0.05, 0.1) is 6.20 Å². The molecule has 3 rings (SSSR count). The van der Waals surface area contributed by atoms with Crippen molar-refractivity contribution in [1.29, 1.82) is 0 Å². The minimum atomic E-state index is -0.663. The van der Waals surface area contributed by atoms with Gasteiger partial charge in [-0.25, -0.2) is 9.97 Å². The number of aromatic nitrogens is 2. The first-order valence-corrected chi connectivity index (χ1v) is 8.28. The molecule has 3 aromatic rings. The predicted octanol–water partition coefficient (Wildman–Crippen LogP) is 3.57. The van der Waals surface area contributed by atoms with Crippen LogP contribution in [0.15, 0.2) is 42.0 Å². The second-order valence-electron chi connectivity index (χ2n) is 4.61. The molecule has 22 heavy (non-hydrogen) atoms. The molecule has 0 aliphatic heterocycles. The molecule has 7 heteroatoms. The number of nitrogens with one attached hydrogen (secondary N) is 1. The predicted molar refractivity (Wildman–Crippen MR) is 88.3 cm³/mol. The number of carbonyl (C=O) groups is 1. The lowest BCUT2D eigenvalue weighted by atomic mass is 10.2. The maximum Gasteiger partial charge on any atom is 0.267 e. The summed E-state index contributed by atoms with van der Waals surface area (Å²) in [6.45, 7) is 1.62. The van der Waals surface area contributed by atoms with Crippen molar-refractivity contribution in [1.82, 2.24) is 9.97 Å². The quantitative estimate of drug-likeness (QED) is 0.766. The first kappa shape index (κ1) is 14.8. The molecule has 2 N–H and O–H groups in total. The third-order valence-corrected chi connectivity index (χ3v) is 4.92. The Morgan fingerprint density at radius 3 is 2.64 bits per heavy atom. The standard InChI is InChI=1S/C15H13N3O2S2/c1-9(19)14-17-8-12(22-14)13(20)18-11-4-2-10(3-5-11)15-16-6-7-21-15/h2-9,19H,1H3,(H,18,20). The summed E-state index contributed by atoms with van der Waals surface area (Å²) in [7, 11) is 0. The number of aliphatic hydroxyl groups excluding tert-OH is 1. The van der Waals surface area contributed by atoms with E-state index in [1.807, 2.05) is 29.6 Å². The number of anilines is 1. The van der Waals surface area contributed by atoms with Crippen LogP contribution in [0.5, 0.6) is 0 Å². The minimum Gasteiger partial charge on any atom is -0.386 e. The van der Waals surface area contributed by atoms with Crippen LogP contribution >= 0.6 is 22.7 Å². The van der Waals surface area contributed by atoms with E-state index in [4.69, 9.17) is 0 Å². The lowest BCUT2D eigenvalue weighted by Crippen LogP contribution is -2.09. The molecule has 0 fully saturated rings. The van der Waals surface area contributed by atoms with Crippen molar-refractivity contribution in [3.8, 4) is 10.6 Å². The third-order valence-electron chi connectivity index (χ3n) is 2.93. The van der Waals surface area contributed by atoms with Gasteiger partial charge in [-0.1, -0.05) is 0 Å². The van der Waals surface area contributed by atoms with Gasteiger partial charge in [-0.05, 0) is 31.2 Å². The Morgan fingerprint density at radius 2 is 2.05 bits per heavy atom. The molecular weight excluding hydrogens is 318 g/mol. The first-order chi connectivity index (χ1) is 10.6. The number of benzene rings is 1. The van der Waals surface area contributed by atoms with Crippen LogP contribution in [0, 0.1) is 0 Å². The van der Waals surface area contributed by atoms with Crippen LogP contribution in [0.25, 0.3) is 10.6 Å². The summed E-state index contributed by atoms with van der Waals surface area (Å²) in [6, 6.07) is 7.52. The van der Waals surface area contributed by atoms with Gasteiger partial charge in [0.1, 0.15) is 21.0 Å². The SMILES string of the molecule is CC(O)c1ncc(C(=O)Nc2ccc(-c3nccs3)cc2)s1. The fourth-order valence-electron chi connectivity index (χ4n) is 1.84. The number of aliphatic hydroxyl groups is 1. The highest BCUT2D eigenvalue weighted by Gasteiger charge is 2.13. The molecule has 112 valence electrons. The number of hydrogen-bond donors (Lipinski definition) is 2. The van der Waals surface area contributed by atoms with Crippen LogP contribution in [-0.4, -0.2) is 21.0 Å². The van der Waals surface area contributed by atoms with E-state index in [0.717, 1.165) is 10.6 Å². The molecule has 0 bridgehead atoms. The molecular formula is C15H13N3O2S2. The van der Waals surface area contributed by atoms with Crippen molar-refractivity contribution in [2.24, 2.45) is 0 Å². The van der Waals surface area contributed by atoms with Crippen LogP contribution in [0.1, 0.15) is 27.7 Å². The second-order valence-corrected chi connectivity index (χ2v) is 6.56. The number of carbonyl (C=O) groups excluding carboxylic acids is 1. The molecule has 2 heterocycles. The number of rotatable bonds is 4. The molecule has 0 saturated carbocycles. The molecule has 0 spiro atoms. The normalized spacial score (nSPS) is 12.1. The van der Waals surface area contributed by atoms with Gasteiger partial charge in [0.2, 0.25) is 0 Å². The average molecular weight is 331 g/mol. The minimum absolute atomic E-state index is 0.230. The molecule has 2 aromatic heterocycles. The Morgan fingerprint density at radius 1 is 1.27 bits per heavy atom. The summed E-state index contributed by atoms with van der Waals surface area (Å²) < 4.78 is 0. The van der Waals surface area contributed by atoms with E-state index >= 15 is 0 Å². The molecule has 0 radical (unpaired) electrons. The highest BCUT2D eigenvalue weighted by atomic mass is 32.1. The third kappa shape index (κ3) is 3.22. The van der Waals surface area contributed by atoms with Crippen LogP contribution < -0.4 is 5.32 Å². The number of amides is 1. The zero-order chi connectivity index (χ0) is 15.5. The van der Waals surface area contributed by atoms with Crippen LogP contribution in [0.2, 0.25) is 0 Å². The van der Waals surface area contributed by atoms with Crippen molar-refractivity contribution in [3.63, 3.8) is 0 Å². The molecule has 1 unspecified atom stereocenters. The van der Waals surface area contributed by atoms with Gasteiger partial charge in [-0.3, -0.25) is 4.79 Å². The van der Waals surface area contributed by atoms with Gasteiger partial charge in [-0.15, -0.1) is 22.7 Å². The monoisotopic (exact) mass is 331 g/mol. The molecule has 5 nitrogen and oxygen atoms in total. The molecule has 1 atom stereocenters. The molecule has 0 aliphatic rings. The van der Waals surface area contributed by atoms with Crippen LogP contribution in [-0.2, 0) is 0 Å². The maximum absolute atomic E-state index is 12.1. The second kappa shape index (κ2) is 6.35. The van der Waals surface area contributed by atoms with E-state index in [1.165, 1.54) is 17.5 Å². The Bertz CT molecular complexity index is 764. The molecule has 1 amide bonds. The summed E-state index contributed by atoms with van der Waals surface area (Å²) in [4.78, 5) is 20.9. The van der Waals surface area contributed by atoms with Gasteiger partial charge in [0.25, 0.3) is 5.91 Å². The lowest BCUT2D eigenvalue weighted by Gasteiger charge is -2.04. The van der Waals surface area contributed by atoms with E-state index in [-0.39, 0.29) is 5.91 Å². The van der Waals surface area contributed by atoms with E-state index < -0.39 is 6.10 Å². The van der Waals surface area contributed by atoms with E-state index in [9.17, 15) is 9.90 Å². The Kier molecular flexibility index (Phi) is 4.28. The summed E-state index contributed by atoms with van der Waals surface area (Å²) in [5.41, 5.74) is 1.72. The van der Waals surface area contributed by atoms with E-state index in [0.29, 0.717) is 15.6 Å². The van der Waals surface area contributed by atoms with Crippen molar-refractivity contribution in [2.45, 2.75) is 13.0 Å². The highest BCUT2D eigenvalue weighted by Crippen LogP contribution is 2.24. The van der Waals surface area contributed by atoms with Gasteiger partial charge in [0, 0.05) is 22.8 Å². The van der Waals surface area contributed by atoms with Gasteiger partial charge >= 0.3 is 0 Å². The first-order valence-electron chi connectivity index (χ1n) is 6.58. The molecule has 0 saturated heterocycles. The van der Waals surface area contributed by atoms with E-state index in [2.05, 4.69) is 15.3 Å². The van der Waals surface area contributed by atoms with Crippen molar-refractivity contribution in [2.75, 3.05) is 5.32 Å². The summed E-state index contributed by atoms with van der Waals surface area (Å²) in [5, 5.41) is 15.7. The zero-order valence-corrected chi connectivity index (χ0v) is 13.3. The number of hydrogen-bond acceptors (Lipinski definition) is 6. The summed E-state index contributed by atoms with van der Waals surface area (Å²) in [5.74, 6) is -0.230.